The lowest BCUT2D eigenvalue weighted by Gasteiger charge is -2.15. The number of nitrogens with one attached hydrogen (secondary N) is 2. The SMILES string of the molecule is O=C(CC1CCCN1)NCc1cccc(CN2CCCC2)c1. The van der Waals surface area contributed by atoms with Crippen molar-refractivity contribution in [1.82, 2.24) is 15.5 Å². The van der Waals surface area contributed by atoms with Gasteiger partial charge in [-0.05, 0) is 56.4 Å². The maximum Gasteiger partial charge on any atom is 0.221 e. The summed E-state index contributed by atoms with van der Waals surface area (Å²) in [6.07, 6.45) is 5.57. The van der Waals surface area contributed by atoms with Crippen LogP contribution in [0.3, 0.4) is 0 Å². The van der Waals surface area contributed by atoms with Gasteiger partial charge in [0, 0.05) is 25.6 Å². The van der Waals surface area contributed by atoms with Gasteiger partial charge in [0.25, 0.3) is 0 Å². The summed E-state index contributed by atoms with van der Waals surface area (Å²) in [5, 5.41) is 6.42. The highest BCUT2D eigenvalue weighted by Gasteiger charge is 2.17. The van der Waals surface area contributed by atoms with E-state index in [4.69, 9.17) is 0 Å². The second-order valence-electron chi connectivity index (χ2n) is 6.58. The molecule has 0 radical (unpaired) electrons. The second kappa shape index (κ2) is 7.75. The zero-order valence-corrected chi connectivity index (χ0v) is 13.3. The first-order valence-electron chi connectivity index (χ1n) is 8.60. The van der Waals surface area contributed by atoms with Crippen molar-refractivity contribution < 1.29 is 4.79 Å². The number of rotatable bonds is 6. The number of hydrogen-bond donors (Lipinski definition) is 2. The molecule has 2 aliphatic heterocycles. The Kier molecular flexibility index (Phi) is 5.46. The van der Waals surface area contributed by atoms with Crippen LogP contribution in [0.5, 0.6) is 0 Å². The van der Waals surface area contributed by atoms with Gasteiger partial charge < -0.3 is 10.6 Å². The molecule has 2 aliphatic rings. The maximum absolute atomic E-state index is 12.0. The third kappa shape index (κ3) is 4.55. The van der Waals surface area contributed by atoms with E-state index in [-0.39, 0.29) is 5.91 Å². The first-order valence-corrected chi connectivity index (χ1v) is 8.60. The largest absolute Gasteiger partial charge is 0.352 e. The van der Waals surface area contributed by atoms with Gasteiger partial charge in [-0.15, -0.1) is 0 Å². The highest BCUT2D eigenvalue weighted by Crippen LogP contribution is 2.14. The minimum atomic E-state index is 0.157. The van der Waals surface area contributed by atoms with Crippen LogP contribution >= 0.6 is 0 Å². The summed E-state index contributed by atoms with van der Waals surface area (Å²) < 4.78 is 0. The van der Waals surface area contributed by atoms with Crippen LogP contribution < -0.4 is 10.6 Å². The van der Waals surface area contributed by atoms with E-state index < -0.39 is 0 Å². The summed E-state index contributed by atoms with van der Waals surface area (Å²) >= 11 is 0. The Labute approximate surface area is 133 Å². The topological polar surface area (TPSA) is 44.4 Å². The third-order valence-corrected chi connectivity index (χ3v) is 4.68. The Hall–Kier alpha value is -1.39. The van der Waals surface area contributed by atoms with Crippen molar-refractivity contribution in [3.63, 3.8) is 0 Å². The minimum Gasteiger partial charge on any atom is -0.352 e. The molecule has 1 aromatic rings. The average molecular weight is 301 g/mol. The molecule has 0 spiro atoms. The fourth-order valence-electron chi connectivity index (χ4n) is 3.46. The van der Waals surface area contributed by atoms with Crippen LogP contribution in [0.25, 0.3) is 0 Å². The molecule has 1 atom stereocenters. The zero-order chi connectivity index (χ0) is 15.2. The van der Waals surface area contributed by atoms with Crippen molar-refractivity contribution in [3.8, 4) is 0 Å². The van der Waals surface area contributed by atoms with Gasteiger partial charge in [-0.2, -0.15) is 0 Å². The molecule has 1 unspecified atom stereocenters. The van der Waals surface area contributed by atoms with E-state index in [0.717, 1.165) is 19.5 Å². The lowest BCUT2D eigenvalue weighted by Crippen LogP contribution is -2.31. The fourth-order valence-corrected chi connectivity index (χ4v) is 3.46. The molecule has 2 saturated heterocycles. The first-order chi connectivity index (χ1) is 10.8. The van der Waals surface area contributed by atoms with E-state index in [2.05, 4.69) is 39.8 Å². The molecule has 3 rings (SSSR count). The van der Waals surface area contributed by atoms with Gasteiger partial charge in [-0.25, -0.2) is 0 Å². The molecule has 1 amide bonds. The summed E-state index contributed by atoms with van der Waals surface area (Å²) in [6, 6.07) is 8.99. The molecular weight excluding hydrogens is 274 g/mol. The lowest BCUT2D eigenvalue weighted by molar-refractivity contribution is -0.121. The molecule has 2 fully saturated rings. The minimum absolute atomic E-state index is 0.157. The number of amides is 1. The van der Waals surface area contributed by atoms with Crippen LogP contribution in [0, 0.1) is 0 Å². The van der Waals surface area contributed by atoms with E-state index in [1.165, 1.54) is 43.5 Å². The summed E-state index contributed by atoms with van der Waals surface area (Å²) in [5.41, 5.74) is 2.55. The van der Waals surface area contributed by atoms with Crippen molar-refractivity contribution in [2.24, 2.45) is 0 Å². The summed E-state index contributed by atoms with van der Waals surface area (Å²) in [6.45, 7) is 5.16. The van der Waals surface area contributed by atoms with E-state index in [1.807, 2.05) is 0 Å². The molecule has 22 heavy (non-hydrogen) atoms. The average Bonchev–Trinajstić information content (AvgIpc) is 3.19. The van der Waals surface area contributed by atoms with Gasteiger partial charge in [0.05, 0.1) is 0 Å². The number of carbonyl (C=O) groups is 1. The molecular formula is C18H27N3O. The van der Waals surface area contributed by atoms with Crippen molar-refractivity contribution in [2.45, 2.75) is 51.2 Å². The van der Waals surface area contributed by atoms with Gasteiger partial charge in [-0.1, -0.05) is 24.3 Å². The molecule has 2 N–H and O–H groups in total. The normalized spacial score (nSPS) is 22.1. The molecule has 0 bridgehead atoms. The van der Waals surface area contributed by atoms with Crippen LogP contribution in [0.2, 0.25) is 0 Å². The van der Waals surface area contributed by atoms with E-state index >= 15 is 0 Å². The monoisotopic (exact) mass is 301 g/mol. The Morgan fingerprint density at radius 2 is 2.05 bits per heavy atom. The van der Waals surface area contributed by atoms with Gasteiger partial charge in [0.15, 0.2) is 0 Å². The van der Waals surface area contributed by atoms with Gasteiger partial charge in [0.1, 0.15) is 0 Å². The highest BCUT2D eigenvalue weighted by molar-refractivity contribution is 5.76. The molecule has 4 heteroatoms. The summed E-state index contributed by atoms with van der Waals surface area (Å²) in [4.78, 5) is 14.5. The van der Waals surface area contributed by atoms with Gasteiger partial charge in [0.2, 0.25) is 5.91 Å². The quantitative estimate of drug-likeness (QED) is 0.845. The highest BCUT2D eigenvalue weighted by atomic mass is 16.1. The van der Waals surface area contributed by atoms with Crippen molar-refractivity contribution in [3.05, 3.63) is 35.4 Å². The molecule has 0 aliphatic carbocycles. The summed E-state index contributed by atoms with van der Waals surface area (Å²) in [5.74, 6) is 0.157. The van der Waals surface area contributed by atoms with Crippen LogP contribution in [-0.4, -0.2) is 36.5 Å². The van der Waals surface area contributed by atoms with Gasteiger partial charge >= 0.3 is 0 Å². The van der Waals surface area contributed by atoms with E-state index in [0.29, 0.717) is 19.0 Å². The number of nitrogens with zero attached hydrogens (tertiary/aromatic N) is 1. The number of benzene rings is 1. The lowest BCUT2D eigenvalue weighted by atomic mass is 10.1. The van der Waals surface area contributed by atoms with Crippen molar-refractivity contribution >= 4 is 5.91 Å². The standard InChI is InChI=1S/C18H27N3O/c22-18(12-17-7-4-8-19-17)20-13-15-5-3-6-16(11-15)14-21-9-1-2-10-21/h3,5-6,11,17,19H,1-2,4,7-10,12-14H2,(H,20,22). The van der Waals surface area contributed by atoms with Crippen LogP contribution in [0.15, 0.2) is 24.3 Å². The Morgan fingerprint density at radius 3 is 2.82 bits per heavy atom. The van der Waals surface area contributed by atoms with Crippen LogP contribution in [0.1, 0.15) is 43.2 Å². The number of carbonyl (C=O) groups excluding carboxylic acids is 1. The predicted molar refractivity (Wildman–Crippen MR) is 88.4 cm³/mol. The third-order valence-electron chi connectivity index (χ3n) is 4.68. The van der Waals surface area contributed by atoms with E-state index in [1.54, 1.807) is 0 Å². The first kappa shape index (κ1) is 15.5. The summed E-state index contributed by atoms with van der Waals surface area (Å²) in [7, 11) is 0. The maximum atomic E-state index is 12.0. The molecule has 120 valence electrons. The fraction of sp³-hybridized carbons (Fsp3) is 0.611. The smallest absolute Gasteiger partial charge is 0.221 e. The Balaban J connectivity index is 1.46. The van der Waals surface area contributed by atoms with Crippen LogP contribution in [-0.2, 0) is 17.9 Å². The number of hydrogen-bond acceptors (Lipinski definition) is 3. The van der Waals surface area contributed by atoms with Crippen molar-refractivity contribution in [2.75, 3.05) is 19.6 Å². The predicted octanol–water partition coefficient (Wildman–Crippen LogP) is 2.04. The Morgan fingerprint density at radius 1 is 1.23 bits per heavy atom. The van der Waals surface area contributed by atoms with Crippen LogP contribution in [0.4, 0.5) is 0 Å². The molecule has 0 aromatic heterocycles. The van der Waals surface area contributed by atoms with E-state index in [9.17, 15) is 4.79 Å². The second-order valence-corrected chi connectivity index (χ2v) is 6.58. The molecule has 4 nitrogen and oxygen atoms in total. The molecule has 1 aromatic carbocycles. The zero-order valence-electron chi connectivity index (χ0n) is 13.3. The molecule has 2 heterocycles. The molecule has 0 saturated carbocycles. The van der Waals surface area contributed by atoms with Crippen molar-refractivity contribution in [1.29, 1.82) is 0 Å². The Bertz CT molecular complexity index is 491. The van der Waals surface area contributed by atoms with Gasteiger partial charge in [-0.3, -0.25) is 9.69 Å². The number of likely N-dealkylation sites (tertiary alicyclic amines) is 1.